The average Bonchev–Trinajstić information content (AvgIpc) is 2.58. The SMILES string of the molecule is CC(Cl)OC(=O)C[C@@H]1C[C@@H]2CC[C@@]1(C)C2. The van der Waals surface area contributed by atoms with Gasteiger partial charge in [-0.15, -0.1) is 0 Å². The van der Waals surface area contributed by atoms with Gasteiger partial charge in [0, 0.05) is 6.42 Å². The zero-order valence-electron chi connectivity index (χ0n) is 9.46. The van der Waals surface area contributed by atoms with Gasteiger partial charge in [0.05, 0.1) is 0 Å². The number of hydrogen-bond acceptors (Lipinski definition) is 2. The van der Waals surface area contributed by atoms with Gasteiger partial charge in [-0.25, -0.2) is 0 Å². The fraction of sp³-hybridized carbons (Fsp3) is 0.917. The van der Waals surface area contributed by atoms with Gasteiger partial charge in [-0.3, -0.25) is 4.79 Å². The molecule has 86 valence electrons. The molecule has 2 fully saturated rings. The molecule has 0 aromatic carbocycles. The maximum atomic E-state index is 11.5. The van der Waals surface area contributed by atoms with Crippen LogP contribution in [-0.4, -0.2) is 11.5 Å². The zero-order chi connectivity index (χ0) is 11.1. The molecule has 2 saturated carbocycles. The Hall–Kier alpha value is -0.240. The Morgan fingerprint density at radius 2 is 2.40 bits per heavy atom. The van der Waals surface area contributed by atoms with Crippen molar-refractivity contribution in [3.05, 3.63) is 0 Å². The van der Waals surface area contributed by atoms with E-state index < -0.39 is 5.56 Å². The molecule has 0 amide bonds. The van der Waals surface area contributed by atoms with Crippen molar-refractivity contribution in [3.8, 4) is 0 Å². The van der Waals surface area contributed by atoms with Crippen molar-refractivity contribution >= 4 is 17.6 Å². The van der Waals surface area contributed by atoms with Gasteiger partial charge in [0.1, 0.15) is 0 Å². The first-order valence-electron chi connectivity index (χ1n) is 5.83. The van der Waals surface area contributed by atoms with Crippen LogP contribution in [-0.2, 0) is 9.53 Å². The summed E-state index contributed by atoms with van der Waals surface area (Å²) in [7, 11) is 0. The first-order chi connectivity index (χ1) is 6.99. The highest BCUT2D eigenvalue weighted by molar-refractivity contribution is 6.19. The lowest BCUT2D eigenvalue weighted by molar-refractivity contribution is -0.147. The molecule has 0 aromatic rings. The second kappa shape index (κ2) is 3.97. The monoisotopic (exact) mass is 230 g/mol. The van der Waals surface area contributed by atoms with E-state index in [-0.39, 0.29) is 5.97 Å². The number of alkyl halides is 1. The van der Waals surface area contributed by atoms with Gasteiger partial charge in [0.25, 0.3) is 0 Å². The minimum atomic E-state index is -0.496. The van der Waals surface area contributed by atoms with Crippen LogP contribution >= 0.6 is 11.6 Å². The van der Waals surface area contributed by atoms with Crippen molar-refractivity contribution in [1.29, 1.82) is 0 Å². The summed E-state index contributed by atoms with van der Waals surface area (Å²) >= 11 is 5.63. The molecule has 0 aromatic heterocycles. The number of fused-ring (bicyclic) bond motifs is 2. The van der Waals surface area contributed by atoms with E-state index in [2.05, 4.69) is 6.92 Å². The highest BCUT2D eigenvalue weighted by atomic mass is 35.5. The van der Waals surface area contributed by atoms with E-state index in [0.29, 0.717) is 17.8 Å². The van der Waals surface area contributed by atoms with Crippen LogP contribution in [0, 0.1) is 17.3 Å². The molecule has 0 radical (unpaired) electrons. The van der Waals surface area contributed by atoms with Crippen molar-refractivity contribution in [1.82, 2.24) is 0 Å². The second-order valence-corrected chi connectivity index (χ2v) is 6.05. The predicted molar refractivity (Wildman–Crippen MR) is 59.6 cm³/mol. The number of ether oxygens (including phenoxy) is 1. The second-order valence-electron chi connectivity index (χ2n) is 5.43. The van der Waals surface area contributed by atoms with Gasteiger partial charge in [-0.05, 0) is 49.9 Å². The Morgan fingerprint density at radius 3 is 2.87 bits per heavy atom. The average molecular weight is 231 g/mol. The van der Waals surface area contributed by atoms with E-state index in [1.807, 2.05) is 0 Å². The van der Waals surface area contributed by atoms with E-state index in [1.54, 1.807) is 6.92 Å². The van der Waals surface area contributed by atoms with Crippen LogP contribution in [0.25, 0.3) is 0 Å². The Kier molecular flexibility index (Phi) is 2.98. The molecule has 2 bridgehead atoms. The van der Waals surface area contributed by atoms with Gasteiger partial charge < -0.3 is 4.74 Å². The largest absolute Gasteiger partial charge is 0.446 e. The Bertz CT molecular complexity index is 264. The first-order valence-corrected chi connectivity index (χ1v) is 6.27. The van der Waals surface area contributed by atoms with Gasteiger partial charge in [-0.2, -0.15) is 0 Å². The molecule has 2 aliphatic carbocycles. The molecule has 0 heterocycles. The number of hydrogen-bond donors (Lipinski definition) is 0. The lowest BCUT2D eigenvalue weighted by Crippen LogP contribution is -2.25. The van der Waals surface area contributed by atoms with Crippen LogP contribution in [0.1, 0.15) is 46.0 Å². The van der Waals surface area contributed by atoms with E-state index in [1.165, 1.54) is 25.7 Å². The molecule has 4 atom stereocenters. The highest BCUT2D eigenvalue weighted by Gasteiger charge is 2.49. The minimum Gasteiger partial charge on any atom is -0.446 e. The molecule has 2 rings (SSSR count). The van der Waals surface area contributed by atoms with E-state index in [4.69, 9.17) is 16.3 Å². The van der Waals surface area contributed by atoms with Crippen molar-refractivity contribution in [2.45, 2.75) is 51.5 Å². The summed E-state index contributed by atoms with van der Waals surface area (Å²) in [5, 5.41) is 0. The molecule has 1 unspecified atom stereocenters. The topological polar surface area (TPSA) is 26.3 Å². The van der Waals surface area contributed by atoms with Crippen LogP contribution in [0.4, 0.5) is 0 Å². The Morgan fingerprint density at radius 1 is 1.67 bits per heavy atom. The molecule has 2 nitrogen and oxygen atoms in total. The lowest BCUT2D eigenvalue weighted by atomic mass is 9.75. The zero-order valence-corrected chi connectivity index (χ0v) is 10.2. The Balaban J connectivity index is 1.88. The van der Waals surface area contributed by atoms with Crippen LogP contribution in [0.5, 0.6) is 0 Å². The number of halogens is 1. The molecule has 3 heteroatoms. The van der Waals surface area contributed by atoms with Crippen LogP contribution in [0.15, 0.2) is 0 Å². The molecular weight excluding hydrogens is 212 g/mol. The van der Waals surface area contributed by atoms with Crippen molar-refractivity contribution < 1.29 is 9.53 Å². The standard InChI is InChI=1S/C12H19ClO2/c1-8(13)15-11(14)6-10-5-9-3-4-12(10,2)7-9/h8-10H,3-7H2,1-2H3/t8?,9-,10-,12-/m0/s1. The fourth-order valence-electron chi connectivity index (χ4n) is 3.42. The molecule has 0 saturated heterocycles. The quantitative estimate of drug-likeness (QED) is 0.549. The number of carbonyl (C=O) groups is 1. The number of carbonyl (C=O) groups excluding carboxylic acids is 1. The van der Waals surface area contributed by atoms with Gasteiger partial charge in [0.2, 0.25) is 0 Å². The van der Waals surface area contributed by atoms with E-state index in [0.717, 1.165) is 5.92 Å². The summed E-state index contributed by atoms with van der Waals surface area (Å²) < 4.78 is 4.99. The van der Waals surface area contributed by atoms with E-state index >= 15 is 0 Å². The normalized spacial score (nSPS) is 40.5. The fourth-order valence-corrected chi connectivity index (χ4v) is 3.52. The summed E-state index contributed by atoms with van der Waals surface area (Å²) in [6, 6.07) is 0. The summed E-state index contributed by atoms with van der Waals surface area (Å²) in [6.45, 7) is 4.00. The third-order valence-electron chi connectivity index (χ3n) is 4.19. The number of esters is 1. The molecule has 0 spiro atoms. The van der Waals surface area contributed by atoms with Gasteiger partial charge in [0.15, 0.2) is 5.56 Å². The molecule has 2 aliphatic rings. The third kappa shape index (κ3) is 2.30. The van der Waals surface area contributed by atoms with Crippen molar-refractivity contribution in [2.24, 2.45) is 17.3 Å². The Labute approximate surface area is 96.3 Å². The van der Waals surface area contributed by atoms with Crippen molar-refractivity contribution in [2.75, 3.05) is 0 Å². The third-order valence-corrected chi connectivity index (χ3v) is 4.28. The number of rotatable bonds is 3. The summed E-state index contributed by atoms with van der Waals surface area (Å²) in [6.07, 6.45) is 5.72. The smallest absolute Gasteiger partial charge is 0.307 e. The molecular formula is C12H19ClO2. The summed E-state index contributed by atoms with van der Waals surface area (Å²) in [5.41, 5.74) is -0.0944. The minimum absolute atomic E-state index is 0.128. The summed E-state index contributed by atoms with van der Waals surface area (Å²) in [5.74, 6) is 1.26. The van der Waals surface area contributed by atoms with E-state index in [9.17, 15) is 4.79 Å². The van der Waals surface area contributed by atoms with Crippen LogP contribution in [0.2, 0.25) is 0 Å². The first kappa shape index (κ1) is 11.3. The predicted octanol–water partition coefficient (Wildman–Crippen LogP) is 3.33. The molecule has 0 N–H and O–H groups in total. The van der Waals surface area contributed by atoms with Gasteiger partial charge >= 0.3 is 5.97 Å². The highest BCUT2D eigenvalue weighted by Crippen LogP contribution is 2.58. The van der Waals surface area contributed by atoms with Crippen LogP contribution < -0.4 is 0 Å². The maximum absolute atomic E-state index is 11.5. The lowest BCUT2D eigenvalue weighted by Gasteiger charge is -2.30. The summed E-state index contributed by atoms with van der Waals surface area (Å²) in [4.78, 5) is 11.5. The van der Waals surface area contributed by atoms with Crippen molar-refractivity contribution in [3.63, 3.8) is 0 Å². The van der Waals surface area contributed by atoms with Crippen LogP contribution in [0.3, 0.4) is 0 Å². The molecule has 15 heavy (non-hydrogen) atoms. The molecule has 0 aliphatic heterocycles. The maximum Gasteiger partial charge on any atom is 0.307 e. The van der Waals surface area contributed by atoms with Gasteiger partial charge in [-0.1, -0.05) is 18.5 Å².